The number of hydrogen-bond acceptors (Lipinski definition) is 4. The largest absolute Gasteiger partial charge is 0.493 e. The van der Waals surface area contributed by atoms with E-state index in [4.69, 9.17) is 9.47 Å². The third kappa shape index (κ3) is 2.86. The number of benzene rings is 2. The van der Waals surface area contributed by atoms with Crippen molar-refractivity contribution in [2.45, 2.75) is 18.9 Å². The second kappa shape index (κ2) is 6.78. The van der Waals surface area contributed by atoms with E-state index < -0.39 is 0 Å². The van der Waals surface area contributed by atoms with Gasteiger partial charge in [-0.05, 0) is 35.4 Å². The van der Waals surface area contributed by atoms with Gasteiger partial charge in [-0.1, -0.05) is 30.8 Å². The number of carbonyl (C=O) groups excluding carboxylic acids is 1. The number of hydrogen-bond donors (Lipinski definition) is 0. The third-order valence-electron chi connectivity index (χ3n) is 5.51. The first-order chi connectivity index (χ1) is 14.2. The Morgan fingerprint density at radius 3 is 2.48 bits per heavy atom. The SMILES string of the molecule is C=C1c2cccnc2C(=O)N1c1ccc(OC)c(OC2Cc3ccccc3C2)c1. The molecule has 2 aromatic carbocycles. The predicted molar refractivity (Wildman–Crippen MR) is 111 cm³/mol. The Morgan fingerprint density at radius 1 is 1.03 bits per heavy atom. The molecule has 29 heavy (non-hydrogen) atoms. The van der Waals surface area contributed by atoms with E-state index in [0.29, 0.717) is 28.6 Å². The van der Waals surface area contributed by atoms with E-state index in [1.165, 1.54) is 11.1 Å². The second-order valence-corrected chi connectivity index (χ2v) is 7.24. The number of fused-ring (bicyclic) bond motifs is 2. The van der Waals surface area contributed by atoms with Gasteiger partial charge in [0, 0.05) is 30.7 Å². The van der Waals surface area contributed by atoms with Gasteiger partial charge in [0.1, 0.15) is 11.8 Å². The topological polar surface area (TPSA) is 51.7 Å². The zero-order valence-corrected chi connectivity index (χ0v) is 16.1. The van der Waals surface area contributed by atoms with Gasteiger partial charge in [-0.25, -0.2) is 0 Å². The lowest BCUT2D eigenvalue weighted by Gasteiger charge is -2.21. The van der Waals surface area contributed by atoms with E-state index >= 15 is 0 Å². The smallest absolute Gasteiger partial charge is 0.282 e. The van der Waals surface area contributed by atoms with E-state index in [2.05, 4.69) is 35.8 Å². The number of ether oxygens (including phenoxy) is 2. The van der Waals surface area contributed by atoms with Crippen LogP contribution in [0.15, 0.2) is 67.4 Å². The summed E-state index contributed by atoms with van der Waals surface area (Å²) in [6.07, 6.45) is 3.36. The Morgan fingerprint density at radius 2 is 1.79 bits per heavy atom. The van der Waals surface area contributed by atoms with Crippen molar-refractivity contribution in [2.24, 2.45) is 0 Å². The molecule has 5 rings (SSSR count). The predicted octanol–water partition coefficient (Wildman–Crippen LogP) is 4.27. The molecule has 0 saturated carbocycles. The van der Waals surface area contributed by atoms with Gasteiger partial charge in [-0.3, -0.25) is 14.7 Å². The Hall–Kier alpha value is -3.60. The van der Waals surface area contributed by atoms with Gasteiger partial charge in [-0.15, -0.1) is 0 Å². The molecule has 0 fully saturated rings. The number of pyridine rings is 1. The molecular formula is C24H20N2O3. The minimum atomic E-state index is -0.185. The van der Waals surface area contributed by atoms with Crippen molar-refractivity contribution < 1.29 is 14.3 Å². The standard InChI is InChI=1S/C24H20N2O3/c1-15-20-8-5-11-25-23(20)24(27)26(15)18-9-10-21(28-2)22(14-18)29-19-12-16-6-3-4-7-17(16)13-19/h3-11,14,19H,1,12-13H2,2H3. The molecule has 5 heteroatoms. The fraction of sp³-hybridized carbons (Fsp3) is 0.167. The van der Waals surface area contributed by atoms with Gasteiger partial charge < -0.3 is 9.47 Å². The van der Waals surface area contributed by atoms with Crippen LogP contribution in [0.3, 0.4) is 0 Å². The monoisotopic (exact) mass is 384 g/mol. The summed E-state index contributed by atoms with van der Waals surface area (Å²) in [7, 11) is 1.62. The highest BCUT2D eigenvalue weighted by Crippen LogP contribution is 2.40. The van der Waals surface area contributed by atoms with Gasteiger partial charge in [-0.2, -0.15) is 0 Å². The molecule has 0 N–H and O–H groups in total. The molecule has 1 aromatic heterocycles. The van der Waals surface area contributed by atoms with E-state index in [9.17, 15) is 4.79 Å². The number of nitrogens with zero attached hydrogens (tertiary/aromatic N) is 2. The lowest BCUT2D eigenvalue weighted by atomic mass is 10.1. The third-order valence-corrected chi connectivity index (χ3v) is 5.51. The average molecular weight is 384 g/mol. The minimum absolute atomic E-state index is 0.0351. The second-order valence-electron chi connectivity index (χ2n) is 7.24. The first kappa shape index (κ1) is 17.5. The van der Waals surface area contributed by atoms with Crippen LogP contribution in [0.4, 0.5) is 5.69 Å². The normalized spacial score (nSPS) is 15.4. The summed E-state index contributed by atoms with van der Waals surface area (Å²) >= 11 is 0. The molecule has 0 atom stereocenters. The van der Waals surface area contributed by atoms with Crippen LogP contribution in [0, 0.1) is 0 Å². The molecule has 2 heterocycles. The van der Waals surface area contributed by atoms with Crippen molar-refractivity contribution in [2.75, 3.05) is 12.0 Å². The summed E-state index contributed by atoms with van der Waals surface area (Å²) in [5, 5.41) is 0. The van der Waals surface area contributed by atoms with Gasteiger partial charge in [0.25, 0.3) is 5.91 Å². The number of rotatable bonds is 4. The number of amides is 1. The Bertz CT molecular complexity index is 1080. The Labute approximate surface area is 169 Å². The van der Waals surface area contributed by atoms with E-state index in [1.807, 2.05) is 24.3 Å². The van der Waals surface area contributed by atoms with Crippen LogP contribution in [0.25, 0.3) is 5.70 Å². The molecule has 0 bridgehead atoms. The molecule has 0 radical (unpaired) electrons. The van der Waals surface area contributed by atoms with Crippen molar-refractivity contribution >= 4 is 17.3 Å². The zero-order valence-electron chi connectivity index (χ0n) is 16.1. The molecule has 0 spiro atoms. The van der Waals surface area contributed by atoms with Crippen molar-refractivity contribution in [3.8, 4) is 11.5 Å². The molecule has 1 amide bonds. The minimum Gasteiger partial charge on any atom is -0.493 e. The average Bonchev–Trinajstić information content (AvgIpc) is 3.26. The summed E-state index contributed by atoms with van der Waals surface area (Å²) in [5.41, 5.74) is 5.10. The molecule has 0 unspecified atom stereocenters. The zero-order chi connectivity index (χ0) is 20.0. The first-order valence-corrected chi connectivity index (χ1v) is 9.56. The number of methoxy groups -OCH3 is 1. The Kier molecular flexibility index (Phi) is 4.09. The summed E-state index contributed by atoms with van der Waals surface area (Å²) in [6, 6.07) is 17.6. The highest BCUT2D eigenvalue weighted by Gasteiger charge is 2.34. The maximum absolute atomic E-state index is 12.9. The van der Waals surface area contributed by atoms with E-state index in [0.717, 1.165) is 18.4 Å². The summed E-state index contributed by atoms with van der Waals surface area (Å²) in [4.78, 5) is 18.7. The maximum atomic E-state index is 12.9. The molecule has 1 aliphatic heterocycles. The Balaban J connectivity index is 1.45. The van der Waals surface area contributed by atoms with Gasteiger partial charge in [0.05, 0.1) is 18.5 Å². The quantitative estimate of drug-likeness (QED) is 0.674. The van der Waals surface area contributed by atoms with Crippen molar-refractivity contribution in [3.05, 3.63) is 89.8 Å². The lowest BCUT2D eigenvalue weighted by molar-refractivity contribution is 0.100. The fourth-order valence-corrected chi connectivity index (χ4v) is 4.11. The first-order valence-electron chi connectivity index (χ1n) is 9.56. The number of aromatic nitrogens is 1. The van der Waals surface area contributed by atoms with Crippen LogP contribution >= 0.6 is 0 Å². The van der Waals surface area contributed by atoms with Crippen LogP contribution in [-0.2, 0) is 12.8 Å². The van der Waals surface area contributed by atoms with Crippen molar-refractivity contribution in [1.82, 2.24) is 4.98 Å². The van der Waals surface area contributed by atoms with Crippen molar-refractivity contribution in [1.29, 1.82) is 0 Å². The molecular weight excluding hydrogens is 364 g/mol. The summed E-state index contributed by atoms with van der Waals surface area (Å²) in [5.74, 6) is 1.07. The fourth-order valence-electron chi connectivity index (χ4n) is 4.11. The summed E-state index contributed by atoms with van der Waals surface area (Å²) in [6.45, 7) is 4.10. The van der Waals surface area contributed by atoms with E-state index in [-0.39, 0.29) is 12.0 Å². The van der Waals surface area contributed by atoms with Crippen LogP contribution in [0.5, 0.6) is 11.5 Å². The number of carbonyl (C=O) groups is 1. The van der Waals surface area contributed by atoms with Crippen LogP contribution in [0.2, 0.25) is 0 Å². The van der Waals surface area contributed by atoms with Crippen LogP contribution in [0.1, 0.15) is 27.2 Å². The number of anilines is 1. The van der Waals surface area contributed by atoms with E-state index in [1.54, 1.807) is 24.3 Å². The van der Waals surface area contributed by atoms with Gasteiger partial charge >= 0.3 is 0 Å². The molecule has 3 aromatic rings. The molecule has 5 nitrogen and oxygen atoms in total. The summed E-state index contributed by atoms with van der Waals surface area (Å²) < 4.78 is 11.8. The van der Waals surface area contributed by atoms with Gasteiger partial charge in [0.15, 0.2) is 11.5 Å². The van der Waals surface area contributed by atoms with Gasteiger partial charge in [0.2, 0.25) is 0 Å². The lowest BCUT2D eigenvalue weighted by Crippen LogP contribution is -2.23. The molecule has 2 aliphatic rings. The van der Waals surface area contributed by atoms with Crippen LogP contribution < -0.4 is 14.4 Å². The highest BCUT2D eigenvalue weighted by molar-refractivity contribution is 6.21. The maximum Gasteiger partial charge on any atom is 0.282 e. The van der Waals surface area contributed by atoms with Crippen molar-refractivity contribution in [3.63, 3.8) is 0 Å². The van der Waals surface area contributed by atoms with Crippen LogP contribution in [-0.4, -0.2) is 24.1 Å². The molecule has 0 saturated heterocycles. The highest BCUT2D eigenvalue weighted by atomic mass is 16.5. The molecule has 144 valence electrons. The molecule has 1 aliphatic carbocycles.